The number of anilines is 1. The number of imide groups is 2. The molecule has 2 atom stereocenters. The molecule has 1 aliphatic carbocycles. The average molecular weight is 1130 g/mol. The van der Waals surface area contributed by atoms with Gasteiger partial charge in [0.2, 0.25) is 22.3 Å². The van der Waals surface area contributed by atoms with Crippen molar-refractivity contribution < 1.29 is 33.7 Å². The zero-order chi connectivity index (χ0) is 60.1. The van der Waals surface area contributed by atoms with Crippen LogP contribution in [-0.4, -0.2) is 80.8 Å². The predicted octanol–water partition coefficient (Wildman–Crippen LogP) is 12.6. The van der Waals surface area contributed by atoms with E-state index in [1.807, 2.05) is 38.1 Å². The minimum atomic E-state index is -0.732. The zero-order valence-corrected chi connectivity index (χ0v) is 51.3. The lowest BCUT2D eigenvalue weighted by molar-refractivity contribution is -0.437. The number of carbonyl (C=O) groups is 5. The van der Waals surface area contributed by atoms with Gasteiger partial charge >= 0.3 is 0 Å². The number of fused-ring (bicyclic) bond motifs is 2. The first-order chi connectivity index (χ1) is 40.3. The van der Waals surface area contributed by atoms with Crippen LogP contribution in [0.15, 0.2) is 93.4 Å². The molecule has 12 heteroatoms. The molecule has 2 unspecified atom stereocenters. The van der Waals surface area contributed by atoms with Gasteiger partial charge in [-0.2, -0.15) is 4.58 Å². The van der Waals surface area contributed by atoms with Gasteiger partial charge in [0.25, 0.3) is 23.6 Å². The monoisotopic (exact) mass is 1130 g/mol. The Balaban J connectivity index is 1.27. The average Bonchev–Trinajstić information content (AvgIpc) is 1.30. The number of allylic oxidation sites excluding steroid dienone is 4. The Hall–Kier alpha value is -7.34. The summed E-state index contributed by atoms with van der Waals surface area (Å²) < 4.78 is 2.21. The Morgan fingerprint density at radius 1 is 0.560 bits per heavy atom. The summed E-state index contributed by atoms with van der Waals surface area (Å²) in [6, 6.07) is 19.2. The number of ketones is 1. The number of hydrogen-bond donors (Lipinski definition) is 1. The Kier molecular flexibility index (Phi) is 17.1. The number of aliphatic hydroxyl groups excluding tert-OH is 1. The van der Waals surface area contributed by atoms with Gasteiger partial charge in [-0.3, -0.25) is 43.4 Å². The largest absolute Gasteiger partial charge is 0.506 e. The number of aliphatic hydroxyl groups is 1. The van der Waals surface area contributed by atoms with Crippen molar-refractivity contribution in [3.05, 3.63) is 158 Å². The molecule has 5 aromatic rings. The van der Waals surface area contributed by atoms with Gasteiger partial charge in [0.15, 0.2) is 5.71 Å². The second kappa shape index (κ2) is 24.0. The summed E-state index contributed by atoms with van der Waals surface area (Å²) >= 11 is 0. The molecule has 4 amide bonds. The Morgan fingerprint density at radius 2 is 1.08 bits per heavy atom. The smallest absolute Gasteiger partial charge is 0.262 e. The highest BCUT2D eigenvalue weighted by Crippen LogP contribution is 2.50. The summed E-state index contributed by atoms with van der Waals surface area (Å²) in [6.45, 7) is 22.4. The third kappa shape index (κ3) is 9.86. The number of carbonyl (C=O) groups excluding carboxylic acids is 5. The van der Waals surface area contributed by atoms with Crippen molar-refractivity contribution >= 4 is 68.9 Å². The molecular weight excluding hydrogens is 1050 g/mol. The molecule has 4 aliphatic heterocycles. The fraction of sp³-hybridized carbons (Fsp3) is 0.472. The van der Waals surface area contributed by atoms with Crippen LogP contribution in [0.5, 0.6) is 0 Å². The lowest BCUT2D eigenvalue weighted by Gasteiger charge is -2.35. The maximum Gasteiger partial charge on any atom is 0.262 e. The number of rotatable bonds is 24. The predicted molar refractivity (Wildman–Crippen MR) is 335 cm³/mol. The van der Waals surface area contributed by atoms with Gasteiger partial charge in [-0.15, -0.1) is 0 Å². The molecule has 0 radical (unpaired) electrons. The maximum absolute atomic E-state index is 15.6. The molecule has 84 heavy (non-hydrogen) atoms. The van der Waals surface area contributed by atoms with Crippen molar-refractivity contribution in [1.82, 2.24) is 9.80 Å². The van der Waals surface area contributed by atoms with E-state index in [0.29, 0.717) is 25.9 Å². The maximum atomic E-state index is 15.6. The van der Waals surface area contributed by atoms with Crippen LogP contribution in [0.1, 0.15) is 225 Å². The lowest BCUT2D eigenvalue weighted by Crippen LogP contribution is -2.52. The summed E-state index contributed by atoms with van der Waals surface area (Å²) in [5.74, 6) is -3.89. The molecule has 0 saturated carbocycles. The van der Waals surface area contributed by atoms with Crippen LogP contribution in [0, 0.1) is 22.3 Å². The molecule has 0 aromatic heterocycles. The number of hydrogen-bond acceptors (Lipinski definition) is 9. The summed E-state index contributed by atoms with van der Waals surface area (Å²) in [6.07, 6.45) is 18.0. The van der Waals surface area contributed by atoms with Crippen molar-refractivity contribution in [3.8, 4) is 0 Å². The Labute approximate surface area is 494 Å². The second-order valence-corrected chi connectivity index (χ2v) is 25.4. The van der Waals surface area contributed by atoms with E-state index in [-0.39, 0.29) is 95.7 Å². The van der Waals surface area contributed by atoms with Crippen molar-refractivity contribution in [2.75, 3.05) is 31.1 Å². The van der Waals surface area contributed by atoms with Crippen LogP contribution in [0.4, 0.5) is 11.4 Å². The zero-order valence-electron chi connectivity index (χ0n) is 51.3. The van der Waals surface area contributed by atoms with Crippen LogP contribution in [0.2, 0.25) is 0 Å². The summed E-state index contributed by atoms with van der Waals surface area (Å²) in [4.78, 5) is 112. The summed E-state index contributed by atoms with van der Waals surface area (Å²) in [5, 5.41) is 12.1. The normalized spacial score (nSPS) is 18.7. The topological polar surface area (TPSA) is 152 Å². The fourth-order valence-corrected chi connectivity index (χ4v) is 14.2. The molecule has 10 rings (SSSR count). The van der Waals surface area contributed by atoms with Gasteiger partial charge in [-0.25, -0.2) is 0 Å². The quantitative estimate of drug-likeness (QED) is 0.0361. The van der Waals surface area contributed by atoms with Crippen LogP contribution in [0.25, 0.3) is 22.4 Å². The van der Waals surface area contributed by atoms with Gasteiger partial charge < -0.3 is 10.0 Å². The Morgan fingerprint density at radius 3 is 1.64 bits per heavy atom. The number of benzene rings is 4. The summed E-state index contributed by atoms with van der Waals surface area (Å²) in [7, 11) is 0. The van der Waals surface area contributed by atoms with E-state index in [2.05, 4.69) is 89.1 Å². The number of para-hydroxylation sites is 2. The number of unbranched alkanes of at least 4 members (excludes halogenated alkanes) is 8. The first-order valence-corrected chi connectivity index (χ1v) is 31.6. The molecule has 440 valence electrons. The highest BCUT2D eigenvalue weighted by atomic mass is 16.3. The molecule has 0 saturated heterocycles. The highest BCUT2D eigenvalue weighted by molar-refractivity contribution is 6.40. The fourth-order valence-electron chi connectivity index (χ4n) is 14.2. The van der Waals surface area contributed by atoms with Crippen LogP contribution in [-0.2, 0) is 15.6 Å². The van der Waals surface area contributed by atoms with E-state index in [1.54, 1.807) is 12.2 Å². The Bertz CT molecular complexity index is 3940. The molecule has 12 nitrogen and oxygen atoms in total. The highest BCUT2D eigenvalue weighted by Gasteiger charge is 2.48. The minimum absolute atomic E-state index is 0.00524. The third-order valence-electron chi connectivity index (χ3n) is 19.3. The van der Waals surface area contributed by atoms with E-state index >= 15 is 33.6 Å². The standard InChI is InChI=1S/C72H84N4O8/c1-11-17-21-27-35-73-53-33-25-23-31-51(53)71(7,8)55(73)39-49-63(77)61(64(49)78)45-37-47-58-57-48(68(82)75(69(83)59(45)57)41-43(15-5)29-19-13-3)38-46(60(58)70(84)76(67(47)81)42-44(16-6)30-20-14-4)62-65(79)50(66(62)80)40-56-72(9,10)52-32-24-26-34-54(52)74(56)36-28-22-18-12-2/h23-26,31-34,37-40,43-44H,11-22,27-30,35-36,41-42H2,1-10H3/p+1. The van der Waals surface area contributed by atoms with Gasteiger partial charge in [-0.05, 0) is 81.2 Å². The van der Waals surface area contributed by atoms with Crippen molar-refractivity contribution in [3.63, 3.8) is 0 Å². The SMILES string of the molecule is CCCCCCN1C(=CC2=C(O)C(=c3cc4c5c(c(=c6c(=O)c(=CC7=[N+](CCCCCC)c8ccccc8C7(C)C)c6=O)cc6c5c3C(=O)N(CC(CC)CCCC)C6=O)C(=O)N(CC(CC)CCCC)C4=O)C2=O)C(C)(C)c2ccccc21. The van der Waals surface area contributed by atoms with Crippen LogP contribution >= 0.6 is 0 Å². The first-order valence-electron chi connectivity index (χ1n) is 31.6. The third-order valence-corrected chi connectivity index (χ3v) is 19.3. The lowest BCUT2D eigenvalue weighted by atomic mass is 9.77. The van der Waals surface area contributed by atoms with Gasteiger partial charge in [0.1, 0.15) is 12.3 Å². The second-order valence-electron chi connectivity index (χ2n) is 25.4. The minimum Gasteiger partial charge on any atom is -0.506 e. The van der Waals surface area contributed by atoms with Gasteiger partial charge in [0, 0.05) is 92.9 Å². The summed E-state index contributed by atoms with van der Waals surface area (Å²) in [5.41, 5.74) is 3.18. The van der Waals surface area contributed by atoms with E-state index < -0.39 is 51.1 Å². The van der Waals surface area contributed by atoms with Crippen molar-refractivity contribution in [1.29, 1.82) is 0 Å². The molecular formula is C72H85N4O8+. The van der Waals surface area contributed by atoms with Crippen LogP contribution in [0.3, 0.4) is 0 Å². The molecule has 0 bridgehead atoms. The number of amides is 4. The molecule has 5 aliphatic rings. The van der Waals surface area contributed by atoms with E-state index in [1.165, 1.54) is 21.9 Å². The number of Topliss-reactive ketones (excluding diaryl/α,β-unsaturated/α-hetero) is 1. The van der Waals surface area contributed by atoms with Gasteiger partial charge in [-0.1, -0.05) is 162 Å². The van der Waals surface area contributed by atoms with E-state index in [0.717, 1.165) is 124 Å². The molecule has 0 spiro atoms. The molecule has 5 aromatic carbocycles. The van der Waals surface area contributed by atoms with Gasteiger partial charge in [0.05, 0.1) is 38.1 Å². The van der Waals surface area contributed by atoms with E-state index in [9.17, 15) is 5.11 Å². The first kappa shape index (κ1) is 59.8. The van der Waals surface area contributed by atoms with E-state index in [4.69, 9.17) is 0 Å². The molecule has 4 heterocycles. The van der Waals surface area contributed by atoms with Crippen molar-refractivity contribution in [2.24, 2.45) is 11.8 Å². The van der Waals surface area contributed by atoms with Crippen molar-refractivity contribution in [2.45, 2.75) is 183 Å². The number of nitrogens with zero attached hydrogens (tertiary/aromatic N) is 4. The van der Waals surface area contributed by atoms with Crippen LogP contribution < -0.4 is 26.2 Å². The molecule has 1 N–H and O–H groups in total. The molecule has 0 fully saturated rings.